The standard InChI is InChI=1S/C14H20N2OS/c1-3-12-8-9-18-14(16-12)15-10-11-4-6-13(17-2)7-5-11/h4-7,12H,3,8-10H2,1-2H3,(H,15,16). The third-order valence-corrected chi connectivity index (χ3v) is 4.05. The molecule has 0 bridgehead atoms. The van der Waals surface area contributed by atoms with E-state index in [0.29, 0.717) is 6.04 Å². The molecule has 0 amide bonds. The van der Waals surface area contributed by atoms with Gasteiger partial charge in [0.15, 0.2) is 5.17 Å². The van der Waals surface area contributed by atoms with Gasteiger partial charge in [0.05, 0.1) is 13.7 Å². The third kappa shape index (κ3) is 3.67. The molecule has 1 aromatic carbocycles. The van der Waals surface area contributed by atoms with E-state index in [1.54, 1.807) is 7.11 Å². The fourth-order valence-corrected chi connectivity index (χ4v) is 2.88. The van der Waals surface area contributed by atoms with Gasteiger partial charge in [0.2, 0.25) is 0 Å². The summed E-state index contributed by atoms with van der Waals surface area (Å²) in [6.45, 7) is 2.95. The minimum absolute atomic E-state index is 0.598. The van der Waals surface area contributed by atoms with E-state index in [1.165, 1.54) is 24.2 Å². The van der Waals surface area contributed by atoms with Crippen LogP contribution in [0.4, 0.5) is 0 Å². The number of nitrogens with one attached hydrogen (secondary N) is 1. The summed E-state index contributed by atoms with van der Waals surface area (Å²) in [5.41, 5.74) is 1.21. The van der Waals surface area contributed by atoms with Crippen LogP contribution in [0.15, 0.2) is 29.3 Å². The van der Waals surface area contributed by atoms with Gasteiger partial charge in [-0.1, -0.05) is 30.8 Å². The van der Waals surface area contributed by atoms with Gasteiger partial charge in [-0.25, -0.2) is 0 Å². The predicted molar refractivity (Wildman–Crippen MR) is 78.4 cm³/mol. The zero-order valence-corrected chi connectivity index (χ0v) is 11.8. The number of benzene rings is 1. The Bertz CT molecular complexity index is 403. The van der Waals surface area contributed by atoms with Crippen LogP contribution in [0.2, 0.25) is 0 Å². The second-order valence-electron chi connectivity index (χ2n) is 4.36. The molecule has 0 aromatic heterocycles. The van der Waals surface area contributed by atoms with Crippen molar-refractivity contribution in [3.63, 3.8) is 0 Å². The molecule has 0 aliphatic carbocycles. The Labute approximate surface area is 113 Å². The van der Waals surface area contributed by atoms with Gasteiger partial charge in [-0.05, 0) is 30.5 Å². The van der Waals surface area contributed by atoms with Gasteiger partial charge in [0.1, 0.15) is 5.75 Å². The number of nitrogens with zero attached hydrogens (tertiary/aromatic N) is 1. The molecule has 1 N–H and O–H groups in total. The average molecular weight is 264 g/mol. The third-order valence-electron chi connectivity index (χ3n) is 3.09. The topological polar surface area (TPSA) is 33.6 Å². The summed E-state index contributed by atoms with van der Waals surface area (Å²) >= 11 is 1.82. The zero-order chi connectivity index (χ0) is 12.8. The van der Waals surface area contributed by atoms with Crippen LogP contribution in [0.1, 0.15) is 25.3 Å². The second-order valence-corrected chi connectivity index (χ2v) is 5.44. The summed E-state index contributed by atoms with van der Waals surface area (Å²) in [5, 5.41) is 4.57. The van der Waals surface area contributed by atoms with Gasteiger partial charge in [-0.3, -0.25) is 4.99 Å². The van der Waals surface area contributed by atoms with Crippen LogP contribution >= 0.6 is 11.8 Å². The number of aliphatic imine (C=N–C) groups is 1. The molecule has 1 atom stereocenters. The molecule has 98 valence electrons. The van der Waals surface area contributed by atoms with Crippen molar-refractivity contribution in [1.82, 2.24) is 5.32 Å². The Morgan fingerprint density at radius 2 is 2.17 bits per heavy atom. The summed E-state index contributed by atoms with van der Waals surface area (Å²) in [6, 6.07) is 8.68. The summed E-state index contributed by atoms with van der Waals surface area (Å²) in [5.74, 6) is 2.06. The lowest BCUT2D eigenvalue weighted by molar-refractivity contribution is 0.414. The van der Waals surface area contributed by atoms with E-state index in [1.807, 2.05) is 23.9 Å². The molecule has 1 aromatic rings. The van der Waals surface area contributed by atoms with Crippen molar-refractivity contribution in [1.29, 1.82) is 0 Å². The maximum atomic E-state index is 5.14. The number of methoxy groups -OCH3 is 1. The van der Waals surface area contributed by atoms with Crippen molar-refractivity contribution >= 4 is 16.9 Å². The largest absolute Gasteiger partial charge is 0.497 e. The van der Waals surface area contributed by atoms with Crippen LogP contribution in [-0.2, 0) is 6.54 Å². The Hall–Kier alpha value is -1.16. The minimum Gasteiger partial charge on any atom is -0.497 e. The van der Waals surface area contributed by atoms with E-state index >= 15 is 0 Å². The summed E-state index contributed by atoms with van der Waals surface area (Å²) in [7, 11) is 1.68. The number of amidine groups is 1. The van der Waals surface area contributed by atoms with Crippen LogP contribution in [0.5, 0.6) is 5.75 Å². The smallest absolute Gasteiger partial charge is 0.157 e. The predicted octanol–water partition coefficient (Wildman–Crippen LogP) is 3.06. The van der Waals surface area contributed by atoms with E-state index in [0.717, 1.165) is 17.5 Å². The number of thioether (sulfide) groups is 1. The monoisotopic (exact) mass is 264 g/mol. The Balaban J connectivity index is 1.92. The van der Waals surface area contributed by atoms with Gasteiger partial charge in [0.25, 0.3) is 0 Å². The molecular weight excluding hydrogens is 244 g/mol. The molecule has 3 nitrogen and oxygen atoms in total. The maximum Gasteiger partial charge on any atom is 0.157 e. The van der Waals surface area contributed by atoms with Crippen molar-refractivity contribution in [3.05, 3.63) is 29.8 Å². The lowest BCUT2D eigenvalue weighted by atomic mass is 10.2. The lowest BCUT2D eigenvalue weighted by Crippen LogP contribution is -2.37. The van der Waals surface area contributed by atoms with Gasteiger partial charge >= 0.3 is 0 Å². The van der Waals surface area contributed by atoms with Crippen molar-refractivity contribution in [2.45, 2.75) is 32.4 Å². The quantitative estimate of drug-likeness (QED) is 0.907. The van der Waals surface area contributed by atoms with Gasteiger partial charge in [-0.2, -0.15) is 0 Å². The van der Waals surface area contributed by atoms with Gasteiger partial charge in [0, 0.05) is 11.8 Å². The molecular formula is C14H20N2OS. The molecule has 1 aliphatic heterocycles. The zero-order valence-electron chi connectivity index (χ0n) is 11.0. The molecule has 1 fully saturated rings. The first-order valence-electron chi connectivity index (χ1n) is 6.38. The highest BCUT2D eigenvalue weighted by Gasteiger charge is 2.15. The summed E-state index contributed by atoms with van der Waals surface area (Å²) in [6.07, 6.45) is 2.41. The van der Waals surface area contributed by atoms with Gasteiger partial charge in [-0.15, -0.1) is 0 Å². The van der Waals surface area contributed by atoms with Crippen molar-refractivity contribution in [2.24, 2.45) is 4.99 Å². The van der Waals surface area contributed by atoms with E-state index in [9.17, 15) is 0 Å². The molecule has 0 spiro atoms. The normalized spacial score (nSPS) is 21.7. The number of hydrogen-bond donors (Lipinski definition) is 1. The molecule has 1 unspecified atom stereocenters. The molecule has 0 saturated carbocycles. The van der Waals surface area contributed by atoms with Crippen molar-refractivity contribution < 1.29 is 4.74 Å². The second kappa shape index (κ2) is 6.69. The molecule has 2 rings (SSSR count). The van der Waals surface area contributed by atoms with E-state index in [-0.39, 0.29) is 0 Å². The highest BCUT2D eigenvalue weighted by molar-refractivity contribution is 8.13. The van der Waals surface area contributed by atoms with Crippen LogP contribution in [0.25, 0.3) is 0 Å². The molecule has 18 heavy (non-hydrogen) atoms. The van der Waals surface area contributed by atoms with Crippen LogP contribution < -0.4 is 10.1 Å². The fourth-order valence-electron chi connectivity index (χ4n) is 1.88. The Morgan fingerprint density at radius 3 is 2.83 bits per heavy atom. The SMILES string of the molecule is CCC1CCSC(=NCc2ccc(OC)cc2)N1. The molecule has 4 heteroatoms. The minimum atomic E-state index is 0.598. The molecule has 1 aliphatic rings. The van der Waals surface area contributed by atoms with Crippen LogP contribution in [0, 0.1) is 0 Å². The highest BCUT2D eigenvalue weighted by Crippen LogP contribution is 2.17. The summed E-state index contributed by atoms with van der Waals surface area (Å²) in [4.78, 5) is 4.63. The molecule has 1 saturated heterocycles. The lowest BCUT2D eigenvalue weighted by Gasteiger charge is -2.24. The molecule has 1 heterocycles. The van der Waals surface area contributed by atoms with E-state index in [2.05, 4.69) is 29.4 Å². The summed E-state index contributed by atoms with van der Waals surface area (Å²) < 4.78 is 5.14. The first-order chi connectivity index (χ1) is 8.81. The number of ether oxygens (including phenoxy) is 1. The number of hydrogen-bond acceptors (Lipinski definition) is 3. The first-order valence-corrected chi connectivity index (χ1v) is 7.37. The Kier molecular flexibility index (Phi) is 4.93. The number of rotatable bonds is 4. The fraction of sp³-hybridized carbons (Fsp3) is 0.500. The van der Waals surface area contributed by atoms with Crippen LogP contribution in [-0.4, -0.2) is 24.1 Å². The van der Waals surface area contributed by atoms with Gasteiger partial charge < -0.3 is 10.1 Å². The van der Waals surface area contributed by atoms with E-state index in [4.69, 9.17) is 4.74 Å². The highest BCUT2D eigenvalue weighted by atomic mass is 32.2. The van der Waals surface area contributed by atoms with E-state index < -0.39 is 0 Å². The van der Waals surface area contributed by atoms with Crippen molar-refractivity contribution in [2.75, 3.05) is 12.9 Å². The molecule has 0 radical (unpaired) electrons. The first kappa shape index (κ1) is 13.3. The average Bonchev–Trinajstić information content (AvgIpc) is 2.46. The van der Waals surface area contributed by atoms with Crippen molar-refractivity contribution in [3.8, 4) is 5.75 Å². The Morgan fingerprint density at radius 1 is 1.39 bits per heavy atom. The maximum absolute atomic E-state index is 5.14. The van der Waals surface area contributed by atoms with Crippen LogP contribution in [0.3, 0.4) is 0 Å².